The van der Waals surface area contributed by atoms with Crippen molar-refractivity contribution in [2.24, 2.45) is 0 Å². The number of anilines is 1. The van der Waals surface area contributed by atoms with Crippen molar-refractivity contribution in [1.82, 2.24) is 9.88 Å². The van der Waals surface area contributed by atoms with Gasteiger partial charge in [-0.1, -0.05) is 0 Å². The van der Waals surface area contributed by atoms with Gasteiger partial charge in [-0.3, -0.25) is 4.79 Å². The average molecular weight is 249 g/mol. The number of nitrogens with zero attached hydrogens (tertiary/aromatic N) is 2. The fourth-order valence-corrected chi connectivity index (χ4v) is 2.06. The van der Waals surface area contributed by atoms with Crippen molar-refractivity contribution in [2.75, 3.05) is 25.0 Å². The number of aromatic nitrogens is 1. The maximum atomic E-state index is 12.1. The number of carbonyl (C=O) groups is 1. The van der Waals surface area contributed by atoms with E-state index >= 15 is 0 Å². The predicted octanol–water partition coefficient (Wildman–Crippen LogP) is 1.11. The summed E-state index contributed by atoms with van der Waals surface area (Å²) in [5, 5.41) is 12.6. The largest absolute Gasteiger partial charge is 0.393 e. The summed E-state index contributed by atoms with van der Waals surface area (Å²) >= 11 is 0. The molecule has 5 nitrogen and oxygen atoms in total. The number of nitrogens with one attached hydrogen (secondary N) is 1. The second-order valence-electron chi connectivity index (χ2n) is 4.49. The van der Waals surface area contributed by atoms with E-state index in [1.54, 1.807) is 17.2 Å². The van der Waals surface area contributed by atoms with Crippen molar-refractivity contribution < 1.29 is 9.90 Å². The highest BCUT2D eigenvalue weighted by Crippen LogP contribution is 2.14. The highest BCUT2D eigenvalue weighted by molar-refractivity contribution is 5.92. The minimum absolute atomic E-state index is 0.0510. The van der Waals surface area contributed by atoms with Crippen LogP contribution in [0.25, 0.3) is 0 Å². The first kappa shape index (κ1) is 12.8. The fraction of sp³-hybridized carbons (Fsp3) is 0.538. The van der Waals surface area contributed by atoms with Gasteiger partial charge in [0.2, 0.25) is 0 Å². The Morgan fingerprint density at radius 2 is 2.22 bits per heavy atom. The van der Waals surface area contributed by atoms with Gasteiger partial charge in [0.15, 0.2) is 0 Å². The van der Waals surface area contributed by atoms with Crippen LogP contribution < -0.4 is 5.32 Å². The van der Waals surface area contributed by atoms with E-state index in [0.29, 0.717) is 31.6 Å². The lowest BCUT2D eigenvalue weighted by Gasteiger charge is -2.29. The molecule has 5 heteroatoms. The molecule has 0 bridgehead atoms. The minimum atomic E-state index is -0.266. The number of amides is 1. The Morgan fingerprint density at radius 3 is 2.78 bits per heavy atom. The number of hydrogen-bond acceptors (Lipinski definition) is 4. The zero-order chi connectivity index (χ0) is 13.0. The van der Waals surface area contributed by atoms with Gasteiger partial charge in [-0.2, -0.15) is 0 Å². The summed E-state index contributed by atoms with van der Waals surface area (Å²) in [5.74, 6) is -0.0510. The lowest BCUT2D eigenvalue weighted by atomic mass is 10.1. The molecule has 2 rings (SSSR count). The number of carbonyl (C=O) groups excluding carboxylic acids is 1. The van der Waals surface area contributed by atoms with Crippen molar-refractivity contribution in [3.8, 4) is 0 Å². The molecular weight excluding hydrogens is 230 g/mol. The normalized spacial score (nSPS) is 16.7. The van der Waals surface area contributed by atoms with Crippen LogP contribution in [0.5, 0.6) is 0 Å². The van der Waals surface area contributed by atoms with Gasteiger partial charge in [-0.15, -0.1) is 0 Å². The van der Waals surface area contributed by atoms with Gasteiger partial charge in [0.25, 0.3) is 5.91 Å². The zero-order valence-corrected chi connectivity index (χ0v) is 10.6. The van der Waals surface area contributed by atoms with Crippen LogP contribution in [0.2, 0.25) is 0 Å². The smallest absolute Gasteiger partial charge is 0.272 e. The Labute approximate surface area is 107 Å². The monoisotopic (exact) mass is 249 g/mol. The van der Waals surface area contributed by atoms with E-state index in [4.69, 9.17) is 0 Å². The summed E-state index contributed by atoms with van der Waals surface area (Å²) in [6.07, 6.45) is 2.72. The Morgan fingerprint density at radius 1 is 1.50 bits per heavy atom. The maximum Gasteiger partial charge on any atom is 0.272 e. The first-order valence-electron chi connectivity index (χ1n) is 6.38. The molecular formula is C13H19N3O2. The number of rotatable bonds is 3. The molecule has 2 N–H and O–H groups in total. The second-order valence-corrected chi connectivity index (χ2v) is 4.49. The molecule has 1 aliphatic rings. The third-order valence-electron chi connectivity index (χ3n) is 3.12. The molecule has 0 atom stereocenters. The first-order chi connectivity index (χ1) is 8.70. The number of likely N-dealkylation sites (tertiary alicyclic amines) is 1. The number of hydrogen-bond donors (Lipinski definition) is 2. The SMILES string of the molecule is CCNc1ccc(C(=O)N2CCC(O)CC2)nc1. The summed E-state index contributed by atoms with van der Waals surface area (Å²) in [6, 6.07) is 3.61. The Hall–Kier alpha value is -1.62. The van der Waals surface area contributed by atoms with Crippen LogP contribution in [0.3, 0.4) is 0 Å². The molecule has 1 aromatic heterocycles. The fourth-order valence-electron chi connectivity index (χ4n) is 2.06. The van der Waals surface area contributed by atoms with E-state index < -0.39 is 0 Å². The van der Waals surface area contributed by atoms with Gasteiger partial charge < -0.3 is 15.3 Å². The summed E-state index contributed by atoms with van der Waals surface area (Å²) in [4.78, 5) is 18.1. The number of aliphatic hydroxyl groups is 1. The Bertz CT molecular complexity index is 397. The van der Waals surface area contributed by atoms with Crippen LogP contribution in [0.15, 0.2) is 18.3 Å². The topological polar surface area (TPSA) is 65.5 Å². The van der Waals surface area contributed by atoms with Gasteiger partial charge in [0, 0.05) is 19.6 Å². The number of aliphatic hydroxyl groups excluding tert-OH is 1. The lowest BCUT2D eigenvalue weighted by molar-refractivity contribution is 0.0541. The van der Waals surface area contributed by atoms with Crippen LogP contribution in [0.1, 0.15) is 30.3 Å². The molecule has 0 radical (unpaired) electrons. The molecule has 2 heterocycles. The van der Waals surface area contributed by atoms with Crippen LogP contribution in [-0.2, 0) is 0 Å². The van der Waals surface area contributed by atoms with Crippen LogP contribution in [0.4, 0.5) is 5.69 Å². The van der Waals surface area contributed by atoms with Gasteiger partial charge in [-0.05, 0) is 31.9 Å². The van der Waals surface area contributed by atoms with Crippen LogP contribution in [-0.4, -0.2) is 46.6 Å². The molecule has 1 saturated heterocycles. The second kappa shape index (κ2) is 5.82. The molecule has 1 fully saturated rings. The molecule has 0 unspecified atom stereocenters. The van der Waals surface area contributed by atoms with Gasteiger partial charge in [-0.25, -0.2) is 4.98 Å². The molecule has 18 heavy (non-hydrogen) atoms. The molecule has 0 spiro atoms. The molecule has 1 amide bonds. The van der Waals surface area contributed by atoms with E-state index in [1.165, 1.54) is 0 Å². The van der Waals surface area contributed by atoms with Crippen LogP contribution in [0, 0.1) is 0 Å². The summed E-state index contributed by atoms with van der Waals surface area (Å²) in [5.41, 5.74) is 1.39. The summed E-state index contributed by atoms with van der Waals surface area (Å²) in [6.45, 7) is 4.06. The van der Waals surface area contributed by atoms with Crippen molar-refractivity contribution in [3.63, 3.8) is 0 Å². The Kier molecular flexibility index (Phi) is 4.15. The van der Waals surface area contributed by atoms with Crippen LogP contribution >= 0.6 is 0 Å². The third-order valence-corrected chi connectivity index (χ3v) is 3.12. The van der Waals surface area contributed by atoms with E-state index in [1.807, 2.05) is 13.0 Å². The molecule has 0 aliphatic carbocycles. The summed E-state index contributed by atoms with van der Waals surface area (Å²) in [7, 11) is 0. The number of pyridine rings is 1. The average Bonchev–Trinajstić information content (AvgIpc) is 2.40. The van der Waals surface area contributed by atoms with Gasteiger partial charge in [0.05, 0.1) is 18.0 Å². The molecule has 1 aliphatic heterocycles. The van der Waals surface area contributed by atoms with E-state index in [2.05, 4.69) is 10.3 Å². The zero-order valence-electron chi connectivity index (χ0n) is 10.6. The predicted molar refractivity (Wildman–Crippen MR) is 69.5 cm³/mol. The van der Waals surface area contributed by atoms with E-state index in [0.717, 1.165) is 12.2 Å². The van der Waals surface area contributed by atoms with Crippen molar-refractivity contribution in [1.29, 1.82) is 0 Å². The van der Waals surface area contributed by atoms with Crippen molar-refractivity contribution >= 4 is 11.6 Å². The summed E-state index contributed by atoms with van der Waals surface area (Å²) < 4.78 is 0. The van der Waals surface area contributed by atoms with Crippen molar-refractivity contribution in [3.05, 3.63) is 24.0 Å². The first-order valence-corrected chi connectivity index (χ1v) is 6.38. The molecule has 1 aromatic rings. The quantitative estimate of drug-likeness (QED) is 0.842. The van der Waals surface area contributed by atoms with Gasteiger partial charge in [0.1, 0.15) is 5.69 Å². The number of piperidine rings is 1. The minimum Gasteiger partial charge on any atom is -0.393 e. The Balaban J connectivity index is 2.00. The highest BCUT2D eigenvalue weighted by atomic mass is 16.3. The lowest BCUT2D eigenvalue weighted by Crippen LogP contribution is -2.40. The van der Waals surface area contributed by atoms with Gasteiger partial charge >= 0.3 is 0 Å². The molecule has 0 saturated carbocycles. The third kappa shape index (κ3) is 2.98. The van der Waals surface area contributed by atoms with Crippen molar-refractivity contribution in [2.45, 2.75) is 25.9 Å². The van der Waals surface area contributed by atoms with E-state index in [9.17, 15) is 9.90 Å². The standard InChI is InChI=1S/C13H19N3O2/c1-2-14-10-3-4-12(15-9-10)13(18)16-7-5-11(17)6-8-16/h3-4,9,11,14,17H,2,5-8H2,1H3. The van der Waals surface area contributed by atoms with E-state index in [-0.39, 0.29) is 12.0 Å². The molecule has 98 valence electrons. The highest BCUT2D eigenvalue weighted by Gasteiger charge is 2.22. The maximum absolute atomic E-state index is 12.1. The molecule has 0 aromatic carbocycles.